The van der Waals surface area contributed by atoms with Crippen LogP contribution in [0, 0.1) is 11.6 Å². The van der Waals surface area contributed by atoms with Crippen molar-refractivity contribution in [1.82, 2.24) is 15.5 Å². The summed E-state index contributed by atoms with van der Waals surface area (Å²) in [4.78, 5) is 14.4. The molecule has 1 amide bonds. The number of benzene rings is 2. The Morgan fingerprint density at radius 3 is 2.65 bits per heavy atom. The number of hydrogen-bond acceptors (Lipinski definition) is 3. The van der Waals surface area contributed by atoms with Crippen molar-refractivity contribution < 1.29 is 13.6 Å². The number of hydrogen-bond donors (Lipinski definition) is 2. The van der Waals surface area contributed by atoms with Gasteiger partial charge in [0.25, 0.3) is 0 Å². The van der Waals surface area contributed by atoms with Crippen molar-refractivity contribution >= 4 is 5.91 Å². The predicted molar refractivity (Wildman–Crippen MR) is 96.3 cm³/mol. The summed E-state index contributed by atoms with van der Waals surface area (Å²) in [6, 6.07) is 13.4. The van der Waals surface area contributed by atoms with Gasteiger partial charge in [0.2, 0.25) is 5.91 Å². The molecule has 1 aliphatic rings. The summed E-state index contributed by atoms with van der Waals surface area (Å²) in [7, 11) is 1.64. The van der Waals surface area contributed by atoms with E-state index in [2.05, 4.69) is 15.5 Å². The molecule has 6 heteroatoms. The predicted octanol–water partition coefficient (Wildman–Crippen LogP) is 2.44. The van der Waals surface area contributed by atoms with Crippen LogP contribution >= 0.6 is 0 Å². The summed E-state index contributed by atoms with van der Waals surface area (Å²) in [6.45, 7) is 1.67. The van der Waals surface area contributed by atoms with Gasteiger partial charge >= 0.3 is 0 Å². The molecular weight excluding hydrogens is 336 g/mol. The van der Waals surface area contributed by atoms with Crippen LogP contribution in [0.3, 0.4) is 0 Å². The number of likely N-dealkylation sites (N-methyl/N-ethyl adjacent to an activating group) is 1. The number of nitrogens with zero attached hydrogens (tertiary/aromatic N) is 1. The summed E-state index contributed by atoms with van der Waals surface area (Å²) < 4.78 is 26.8. The molecule has 0 aromatic heterocycles. The molecule has 0 unspecified atom stereocenters. The lowest BCUT2D eigenvalue weighted by molar-refractivity contribution is -0.125. The van der Waals surface area contributed by atoms with Gasteiger partial charge in [0.1, 0.15) is 11.6 Å². The van der Waals surface area contributed by atoms with Gasteiger partial charge in [0.15, 0.2) is 0 Å². The van der Waals surface area contributed by atoms with Gasteiger partial charge in [-0.2, -0.15) is 0 Å². The van der Waals surface area contributed by atoms with Gasteiger partial charge in [-0.25, -0.2) is 8.78 Å². The SMILES string of the molecule is CNC(=O)[C@@H]1C[C@H](NCc2ccc(F)cc2F)CN1Cc1ccccc1. The molecule has 1 fully saturated rings. The minimum atomic E-state index is -0.583. The minimum Gasteiger partial charge on any atom is -0.358 e. The minimum absolute atomic E-state index is 0.0156. The van der Waals surface area contributed by atoms with Crippen molar-refractivity contribution in [1.29, 1.82) is 0 Å². The molecule has 0 aliphatic carbocycles. The molecule has 2 N–H and O–H groups in total. The molecule has 2 aromatic carbocycles. The van der Waals surface area contributed by atoms with Crippen molar-refractivity contribution in [3.63, 3.8) is 0 Å². The highest BCUT2D eigenvalue weighted by molar-refractivity contribution is 5.81. The Morgan fingerprint density at radius 2 is 1.96 bits per heavy atom. The first kappa shape index (κ1) is 18.5. The van der Waals surface area contributed by atoms with Crippen LogP contribution in [-0.4, -0.2) is 36.5 Å². The first-order valence-corrected chi connectivity index (χ1v) is 8.73. The van der Waals surface area contributed by atoms with Gasteiger partial charge in [-0.1, -0.05) is 36.4 Å². The average Bonchev–Trinajstić information content (AvgIpc) is 3.04. The topological polar surface area (TPSA) is 44.4 Å². The second-order valence-corrected chi connectivity index (χ2v) is 6.59. The maximum absolute atomic E-state index is 13.8. The fourth-order valence-corrected chi connectivity index (χ4v) is 3.40. The lowest BCUT2D eigenvalue weighted by Crippen LogP contribution is -2.41. The summed E-state index contributed by atoms with van der Waals surface area (Å²) in [6.07, 6.45) is 0.648. The fourth-order valence-electron chi connectivity index (χ4n) is 3.40. The largest absolute Gasteiger partial charge is 0.358 e. The molecule has 0 radical (unpaired) electrons. The van der Waals surface area contributed by atoms with Crippen LogP contribution in [0.2, 0.25) is 0 Å². The van der Waals surface area contributed by atoms with E-state index in [0.29, 0.717) is 31.6 Å². The van der Waals surface area contributed by atoms with Crippen LogP contribution in [0.4, 0.5) is 8.78 Å². The summed E-state index contributed by atoms with van der Waals surface area (Å²) >= 11 is 0. The number of nitrogens with one attached hydrogen (secondary N) is 2. The van der Waals surface area contributed by atoms with Crippen molar-refractivity contribution in [2.45, 2.75) is 31.6 Å². The number of carbonyl (C=O) groups excluding carboxylic acids is 1. The monoisotopic (exact) mass is 359 g/mol. The van der Waals surface area contributed by atoms with E-state index in [1.807, 2.05) is 30.3 Å². The quantitative estimate of drug-likeness (QED) is 0.833. The van der Waals surface area contributed by atoms with E-state index < -0.39 is 11.6 Å². The van der Waals surface area contributed by atoms with E-state index in [9.17, 15) is 13.6 Å². The van der Waals surface area contributed by atoms with Gasteiger partial charge in [0.05, 0.1) is 6.04 Å². The highest BCUT2D eigenvalue weighted by atomic mass is 19.1. The van der Waals surface area contributed by atoms with Crippen LogP contribution < -0.4 is 10.6 Å². The van der Waals surface area contributed by atoms with E-state index in [-0.39, 0.29) is 18.0 Å². The van der Waals surface area contributed by atoms with E-state index in [4.69, 9.17) is 0 Å². The average molecular weight is 359 g/mol. The molecule has 26 heavy (non-hydrogen) atoms. The third-order valence-electron chi connectivity index (χ3n) is 4.78. The maximum atomic E-state index is 13.8. The molecule has 0 saturated carbocycles. The Hall–Kier alpha value is -2.31. The third kappa shape index (κ3) is 4.45. The molecule has 1 aliphatic heterocycles. The van der Waals surface area contributed by atoms with Crippen molar-refractivity contribution in [2.24, 2.45) is 0 Å². The molecule has 3 rings (SSSR count). The number of halogens is 2. The molecule has 4 nitrogen and oxygen atoms in total. The standard InChI is InChI=1S/C20H23F2N3O/c1-23-20(26)19-10-17(13-25(19)12-14-5-3-2-4-6-14)24-11-15-7-8-16(21)9-18(15)22/h2-9,17,19,24H,10-13H2,1H3,(H,23,26)/t17-,19-/m0/s1. The van der Waals surface area contributed by atoms with Gasteiger partial charge in [0, 0.05) is 44.4 Å². The third-order valence-corrected chi connectivity index (χ3v) is 4.78. The second-order valence-electron chi connectivity index (χ2n) is 6.59. The fraction of sp³-hybridized carbons (Fsp3) is 0.350. The Balaban J connectivity index is 1.64. The highest BCUT2D eigenvalue weighted by Gasteiger charge is 2.36. The van der Waals surface area contributed by atoms with Gasteiger partial charge in [-0.15, -0.1) is 0 Å². The molecule has 1 heterocycles. The zero-order chi connectivity index (χ0) is 18.5. The maximum Gasteiger partial charge on any atom is 0.237 e. The number of carbonyl (C=O) groups is 1. The summed E-state index contributed by atoms with van der Waals surface area (Å²) in [5, 5.41) is 6.02. The van der Waals surface area contributed by atoms with Gasteiger partial charge < -0.3 is 10.6 Å². The van der Waals surface area contributed by atoms with Gasteiger partial charge in [-0.3, -0.25) is 9.69 Å². The van der Waals surface area contributed by atoms with E-state index in [1.165, 1.54) is 12.1 Å². The van der Waals surface area contributed by atoms with Crippen LogP contribution in [0.5, 0.6) is 0 Å². The van der Waals surface area contributed by atoms with Crippen LogP contribution in [0.25, 0.3) is 0 Å². The van der Waals surface area contributed by atoms with Crippen molar-refractivity contribution in [3.05, 3.63) is 71.3 Å². The normalized spacial score (nSPS) is 20.3. The first-order chi connectivity index (χ1) is 12.6. The van der Waals surface area contributed by atoms with E-state index in [1.54, 1.807) is 7.05 Å². The van der Waals surface area contributed by atoms with Gasteiger partial charge in [-0.05, 0) is 18.1 Å². The molecule has 0 bridgehead atoms. The first-order valence-electron chi connectivity index (χ1n) is 8.73. The highest BCUT2D eigenvalue weighted by Crippen LogP contribution is 2.21. The van der Waals surface area contributed by atoms with Crippen molar-refractivity contribution in [3.8, 4) is 0 Å². The summed E-state index contributed by atoms with van der Waals surface area (Å²) in [5.74, 6) is -1.15. The molecule has 2 atom stereocenters. The van der Waals surface area contributed by atoms with E-state index in [0.717, 1.165) is 11.6 Å². The second kappa shape index (κ2) is 8.38. The van der Waals surface area contributed by atoms with Crippen LogP contribution in [0.1, 0.15) is 17.5 Å². The Kier molecular flexibility index (Phi) is 5.96. The number of amides is 1. The Labute approximate surface area is 152 Å². The van der Waals surface area contributed by atoms with E-state index >= 15 is 0 Å². The Morgan fingerprint density at radius 1 is 1.19 bits per heavy atom. The summed E-state index contributed by atoms with van der Waals surface area (Å²) in [5.41, 5.74) is 1.57. The zero-order valence-corrected chi connectivity index (χ0v) is 14.7. The smallest absolute Gasteiger partial charge is 0.237 e. The van der Waals surface area contributed by atoms with Crippen molar-refractivity contribution in [2.75, 3.05) is 13.6 Å². The number of rotatable bonds is 6. The Bertz CT molecular complexity index is 754. The lowest BCUT2D eigenvalue weighted by atomic mass is 10.1. The molecule has 138 valence electrons. The van der Waals surface area contributed by atoms with Crippen LogP contribution in [-0.2, 0) is 17.9 Å². The molecule has 2 aromatic rings. The molecular formula is C20H23F2N3O. The lowest BCUT2D eigenvalue weighted by Gasteiger charge is -2.22. The van der Waals surface area contributed by atoms with Crippen LogP contribution in [0.15, 0.2) is 48.5 Å². The molecule has 0 spiro atoms. The zero-order valence-electron chi connectivity index (χ0n) is 14.7. The number of likely N-dealkylation sites (tertiary alicyclic amines) is 1. The molecule has 1 saturated heterocycles.